The lowest BCUT2D eigenvalue weighted by Crippen LogP contribution is -2.37. The third-order valence-electron chi connectivity index (χ3n) is 5.29. The van der Waals surface area contributed by atoms with Gasteiger partial charge < -0.3 is 18.8 Å². The molecule has 1 unspecified atom stereocenters. The molecule has 0 aliphatic carbocycles. The first kappa shape index (κ1) is 20.1. The average Bonchev–Trinajstić information content (AvgIpc) is 3.18. The van der Waals surface area contributed by atoms with Crippen molar-refractivity contribution in [1.29, 1.82) is 0 Å². The fourth-order valence-corrected chi connectivity index (χ4v) is 3.98. The molecule has 1 aromatic heterocycles. The van der Waals surface area contributed by atoms with Crippen molar-refractivity contribution in [2.24, 2.45) is 0 Å². The molecular formula is C22H20F3NO4. The van der Waals surface area contributed by atoms with Crippen LogP contribution in [0.15, 0.2) is 53.3 Å². The first-order valence-corrected chi connectivity index (χ1v) is 9.52. The SMILES string of the molecule is COc1ccc2cocc2c1C1CCCC(=O)N1Cc1ccc(OC(F)(F)F)cc1. The molecule has 4 rings (SSSR count). The third kappa shape index (κ3) is 4.08. The lowest BCUT2D eigenvalue weighted by atomic mass is 9.91. The second-order valence-electron chi connectivity index (χ2n) is 7.18. The monoisotopic (exact) mass is 419 g/mol. The minimum Gasteiger partial charge on any atom is -0.496 e. The minimum absolute atomic E-state index is 0.00980. The highest BCUT2D eigenvalue weighted by Crippen LogP contribution is 2.42. The quantitative estimate of drug-likeness (QED) is 0.541. The highest BCUT2D eigenvalue weighted by Gasteiger charge is 2.33. The predicted octanol–water partition coefficient (Wildman–Crippen LogP) is 5.59. The first-order chi connectivity index (χ1) is 14.4. The number of nitrogens with zero attached hydrogens (tertiary/aromatic N) is 1. The number of hydrogen-bond donors (Lipinski definition) is 0. The third-order valence-corrected chi connectivity index (χ3v) is 5.29. The van der Waals surface area contributed by atoms with E-state index in [-0.39, 0.29) is 24.2 Å². The summed E-state index contributed by atoms with van der Waals surface area (Å²) in [6.07, 6.45) is 0.475. The second kappa shape index (κ2) is 7.93. The van der Waals surface area contributed by atoms with E-state index < -0.39 is 6.36 Å². The molecule has 2 aromatic carbocycles. The molecule has 8 heteroatoms. The maximum Gasteiger partial charge on any atom is 0.573 e. The van der Waals surface area contributed by atoms with Gasteiger partial charge in [-0.05, 0) is 42.7 Å². The van der Waals surface area contributed by atoms with Gasteiger partial charge in [0.2, 0.25) is 5.91 Å². The lowest BCUT2D eigenvalue weighted by Gasteiger charge is -2.37. The number of halogens is 3. The van der Waals surface area contributed by atoms with Gasteiger partial charge >= 0.3 is 6.36 Å². The van der Waals surface area contributed by atoms with Crippen molar-refractivity contribution in [3.05, 3.63) is 60.1 Å². The summed E-state index contributed by atoms with van der Waals surface area (Å²) >= 11 is 0. The molecule has 1 aliphatic rings. The molecule has 2 heterocycles. The second-order valence-corrected chi connectivity index (χ2v) is 7.18. The van der Waals surface area contributed by atoms with Gasteiger partial charge in [-0.1, -0.05) is 12.1 Å². The number of rotatable bonds is 5. The fraction of sp³-hybridized carbons (Fsp3) is 0.318. The summed E-state index contributed by atoms with van der Waals surface area (Å²) in [6, 6.07) is 9.11. The zero-order valence-electron chi connectivity index (χ0n) is 16.2. The molecular weight excluding hydrogens is 399 g/mol. The normalized spacial score (nSPS) is 17.4. The molecule has 3 aromatic rings. The topological polar surface area (TPSA) is 51.9 Å². The smallest absolute Gasteiger partial charge is 0.496 e. The van der Waals surface area contributed by atoms with Crippen LogP contribution in [0.25, 0.3) is 10.8 Å². The van der Waals surface area contributed by atoms with Crippen LogP contribution in [0.4, 0.5) is 13.2 Å². The van der Waals surface area contributed by atoms with Gasteiger partial charge in [-0.2, -0.15) is 0 Å². The Morgan fingerprint density at radius 2 is 1.90 bits per heavy atom. The van der Waals surface area contributed by atoms with Crippen LogP contribution in [0.1, 0.15) is 36.4 Å². The van der Waals surface area contributed by atoms with Crippen LogP contribution in [0.2, 0.25) is 0 Å². The Morgan fingerprint density at radius 3 is 2.60 bits per heavy atom. The Kier molecular flexibility index (Phi) is 5.32. The summed E-state index contributed by atoms with van der Waals surface area (Å²) in [5, 5.41) is 1.80. The van der Waals surface area contributed by atoms with E-state index in [0.717, 1.165) is 29.2 Å². The highest BCUT2D eigenvalue weighted by molar-refractivity contribution is 5.88. The van der Waals surface area contributed by atoms with E-state index in [9.17, 15) is 18.0 Å². The number of methoxy groups -OCH3 is 1. The van der Waals surface area contributed by atoms with Crippen LogP contribution in [0.3, 0.4) is 0 Å². The summed E-state index contributed by atoms with van der Waals surface area (Å²) in [7, 11) is 1.58. The summed E-state index contributed by atoms with van der Waals surface area (Å²) in [4.78, 5) is 14.6. The van der Waals surface area contributed by atoms with Crippen molar-refractivity contribution in [2.75, 3.05) is 7.11 Å². The van der Waals surface area contributed by atoms with Crippen molar-refractivity contribution in [2.45, 2.75) is 38.2 Å². The molecule has 1 aliphatic heterocycles. The van der Waals surface area contributed by atoms with E-state index in [4.69, 9.17) is 9.15 Å². The molecule has 1 saturated heterocycles. The van der Waals surface area contributed by atoms with E-state index in [2.05, 4.69) is 4.74 Å². The lowest BCUT2D eigenvalue weighted by molar-refractivity contribution is -0.274. The molecule has 30 heavy (non-hydrogen) atoms. The van der Waals surface area contributed by atoms with Gasteiger partial charge in [0.05, 0.1) is 25.7 Å². The zero-order valence-corrected chi connectivity index (χ0v) is 16.2. The number of likely N-dealkylation sites (tertiary alicyclic amines) is 1. The summed E-state index contributed by atoms with van der Waals surface area (Å²) < 4.78 is 52.0. The number of fused-ring (bicyclic) bond motifs is 1. The van der Waals surface area contributed by atoms with Gasteiger partial charge in [-0.25, -0.2) is 0 Å². The van der Waals surface area contributed by atoms with Crippen molar-refractivity contribution in [3.8, 4) is 11.5 Å². The van der Waals surface area contributed by atoms with Gasteiger partial charge in [0.25, 0.3) is 0 Å². The number of amides is 1. The minimum atomic E-state index is -4.74. The Hall–Kier alpha value is -3.16. The summed E-state index contributed by atoms with van der Waals surface area (Å²) in [5.41, 5.74) is 1.59. The number of hydrogen-bond acceptors (Lipinski definition) is 4. The predicted molar refractivity (Wildman–Crippen MR) is 103 cm³/mol. The molecule has 0 spiro atoms. The fourth-order valence-electron chi connectivity index (χ4n) is 3.98. The Bertz CT molecular complexity index is 1040. The van der Waals surface area contributed by atoms with Gasteiger partial charge in [0.15, 0.2) is 0 Å². The van der Waals surface area contributed by atoms with Gasteiger partial charge in [-0.15, -0.1) is 13.2 Å². The molecule has 158 valence electrons. The molecule has 1 amide bonds. The number of carbonyl (C=O) groups excluding carboxylic acids is 1. The van der Waals surface area contributed by atoms with Crippen LogP contribution in [-0.2, 0) is 11.3 Å². The number of piperidine rings is 1. The van der Waals surface area contributed by atoms with E-state index in [1.165, 1.54) is 24.3 Å². The maximum atomic E-state index is 12.8. The molecule has 0 saturated carbocycles. The molecule has 1 atom stereocenters. The number of benzene rings is 2. The number of furan rings is 1. The van der Waals surface area contributed by atoms with Gasteiger partial charge in [0.1, 0.15) is 11.5 Å². The largest absolute Gasteiger partial charge is 0.573 e. The molecule has 0 bridgehead atoms. The highest BCUT2D eigenvalue weighted by atomic mass is 19.4. The Labute approximate surface area is 171 Å². The van der Waals surface area contributed by atoms with Crippen molar-refractivity contribution in [3.63, 3.8) is 0 Å². The standard InChI is InChI=1S/C22H20F3NO4/c1-28-19-10-7-15-12-29-13-17(15)21(19)18-3-2-4-20(27)26(18)11-14-5-8-16(9-6-14)30-22(23,24)25/h5-10,12-13,18H,2-4,11H2,1H3. The van der Waals surface area contributed by atoms with Crippen molar-refractivity contribution >= 4 is 16.7 Å². The number of carbonyl (C=O) groups is 1. The summed E-state index contributed by atoms with van der Waals surface area (Å²) in [6.45, 7) is 0.271. The number of alkyl halides is 3. The molecule has 1 fully saturated rings. The van der Waals surface area contributed by atoms with Gasteiger partial charge in [-0.3, -0.25) is 4.79 Å². The molecule has 5 nitrogen and oxygen atoms in total. The first-order valence-electron chi connectivity index (χ1n) is 9.52. The Balaban J connectivity index is 1.65. The van der Waals surface area contributed by atoms with E-state index >= 15 is 0 Å². The number of ether oxygens (including phenoxy) is 2. The van der Waals surface area contributed by atoms with E-state index in [1.54, 1.807) is 24.5 Å². The molecule has 0 radical (unpaired) electrons. The average molecular weight is 419 g/mol. The van der Waals surface area contributed by atoms with Crippen LogP contribution < -0.4 is 9.47 Å². The summed E-state index contributed by atoms with van der Waals surface area (Å²) in [5.74, 6) is 0.365. The van der Waals surface area contributed by atoms with Gasteiger partial charge in [0, 0.05) is 29.3 Å². The van der Waals surface area contributed by atoms with E-state index in [0.29, 0.717) is 17.7 Å². The van der Waals surface area contributed by atoms with E-state index in [1.807, 2.05) is 12.1 Å². The van der Waals surface area contributed by atoms with Crippen LogP contribution in [-0.4, -0.2) is 24.3 Å². The van der Waals surface area contributed by atoms with Crippen molar-refractivity contribution in [1.82, 2.24) is 4.90 Å². The van der Waals surface area contributed by atoms with Crippen LogP contribution in [0.5, 0.6) is 11.5 Å². The zero-order chi connectivity index (χ0) is 21.3. The Morgan fingerprint density at radius 1 is 1.13 bits per heavy atom. The maximum absolute atomic E-state index is 12.8. The van der Waals surface area contributed by atoms with Crippen LogP contribution >= 0.6 is 0 Å². The van der Waals surface area contributed by atoms with Crippen molar-refractivity contribution < 1.29 is 31.9 Å². The molecule has 0 N–H and O–H groups in total. The van der Waals surface area contributed by atoms with Crippen LogP contribution in [0, 0.1) is 0 Å².